The van der Waals surface area contributed by atoms with E-state index in [4.69, 9.17) is 0 Å². The van der Waals surface area contributed by atoms with Gasteiger partial charge in [0.25, 0.3) is 0 Å². The number of halogens is 6. The molecule has 1 aliphatic carbocycles. The Morgan fingerprint density at radius 2 is 1.29 bits per heavy atom. The van der Waals surface area contributed by atoms with Crippen LogP contribution in [0.4, 0.5) is 26.3 Å². The second kappa shape index (κ2) is 8.56. The number of rotatable bonds is 4. The molecule has 3 aromatic rings. The summed E-state index contributed by atoms with van der Waals surface area (Å²) >= 11 is 0. The fraction of sp³-hybridized carbons (Fsp3) is 0.360. The lowest BCUT2D eigenvalue weighted by molar-refractivity contribution is 0.376. The van der Waals surface area contributed by atoms with Gasteiger partial charge in [-0.2, -0.15) is 0 Å². The highest BCUT2D eigenvalue weighted by molar-refractivity contribution is 5.84. The molecule has 0 nitrogen and oxygen atoms in total. The van der Waals surface area contributed by atoms with Gasteiger partial charge in [-0.05, 0) is 84.7 Å². The van der Waals surface area contributed by atoms with Gasteiger partial charge in [0.15, 0.2) is 17.5 Å². The van der Waals surface area contributed by atoms with Crippen molar-refractivity contribution >= 4 is 10.8 Å². The summed E-state index contributed by atoms with van der Waals surface area (Å²) in [4.78, 5) is 0. The van der Waals surface area contributed by atoms with E-state index in [1.165, 1.54) is 18.2 Å². The van der Waals surface area contributed by atoms with Crippen LogP contribution in [-0.4, -0.2) is 0 Å². The first-order valence-corrected chi connectivity index (χ1v) is 10.5. The summed E-state index contributed by atoms with van der Waals surface area (Å²) in [6.07, 6.45) is 3.54. The van der Waals surface area contributed by atoms with Crippen molar-refractivity contribution in [2.75, 3.05) is 0 Å². The average Bonchev–Trinajstić information content (AvgIpc) is 2.72. The fourth-order valence-corrected chi connectivity index (χ4v) is 4.82. The fourth-order valence-electron chi connectivity index (χ4n) is 4.82. The molecule has 0 bridgehead atoms. The van der Waals surface area contributed by atoms with E-state index in [0.717, 1.165) is 18.6 Å². The van der Waals surface area contributed by atoms with Gasteiger partial charge < -0.3 is 0 Å². The monoisotopic (exact) mass is 436 g/mol. The standard InChI is InChI=1S/C25H22F6/c1-2-3-13-8-18(26)22(19(27)9-13)15-6-4-14(5-7-15)16-10-17-12-21(29)24(30)25(31)23(17)20(28)11-16/h8-12,14-15H,2-7H2,1H3. The van der Waals surface area contributed by atoms with Crippen molar-refractivity contribution in [3.63, 3.8) is 0 Å². The molecule has 0 atom stereocenters. The van der Waals surface area contributed by atoms with Crippen molar-refractivity contribution in [1.82, 2.24) is 0 Å². The van der Waals surface area contributed by atoms with Crippen LogP contribution in [0.2, 0.25) is 0 Å². The molecule has 1 saturated carbocycles. The molecule has 4 rings (SSSR count). The van der Waals surface area contributed by atoms with Crippen LogP contribution in [0.5, 0.6) is 0 Å². The number of fused-ring (bicyclic) bond motifs is 1. The Morgan fingerprint density at radius 3 is 1.90 bits per heavy atom. The molecule has 0 radical (unpaired) electrons. The lowest BCUT2D eigenvalue weighted by Gasteiger charge is -2.30. The van der Waals surface area contributed by atoms with E-state index in [-0.39, 0.29) is 22.8 Å². The summed E-state index contributed by atoms with van der Waals surface area (Å²) in [5.74, 6) is -7.02. The number of hydrogen-bond acceptors (Lipinski definition) is 0. The van der Waals surface area contributed by atoms with Crippen molar-refractivity contribution in [2.24, 2.45) is 0 Å². The zero-order chi connectivity index (χ0) is 22.3. The van der Waals surface area contributed by atoms with Gasteiger partial charge in [-0.15, -0.1) is 0 Å². The average molecular weight is 436 g/mol. The molecular weight excluding hydrogens is 414 g/mol. The van der Waals surface area contributed by atoms with Crippen molar-refractivity contribution in [3.8, 4) is 0 Å². The van der Waals surface area contributed by atoms with E-state index in [2.05, 4.69) is 0 Å². The normalized spacial score (nSPS) is 19.2. The molecule has 0 saturated heterocycles. The molecule has 0 spiro atoms. The van der Waals surface area contributed by atoms with E-state index in [0.29, 0.717) is 43.2 Å². The van der Waals surface area contributed by atoms with Crippen molar-refractivity contribution in [3.05, 3.63) is 81.9 Å². The SMILES string of the molecule is CCCc1cc(F)c(C2CCC(c3cc(F)c4c(F)c(F)c(F)cc4c3)CC2)c(F)c1. The molecule has 6 heteroatoms. The first-order chi connectivity index (χ1) is 14.8. The van der Waals surface area contributed by atoms with Crippen molar-refractivity contribution in [2.45, 2.75) is 57.3 Å². The highest BCUT2D eigenvalue weighted by Crippen LogP contribution is 2.43. The third kappa shape index (κ3) is 4.04. The molecule has 0 aliphatic heterocycles. The summed E-state index contributed by atoms with van der Waals surface area (Å²) in [5.41, 5.74) is 1.29. The van der Waals surface area contributed by atoms with Crippen LogP contribution in [0.3, 0.4) is 0 Å². The van der Waals surface area contributed by atoms with E-state index in [1.54, 1.807) is 0 Å². The van der Waals surface area contributed by atoms with Crippen LogP contribution in [0, 0.1) is 34.9 Å². The molecule has 0 N–H and O–H groups in total. The van der Waals surface area contributed by atoms with Crippen LogP contribution in [0.25, 0.3) is 10.8 Å². The quantitative estimate of drug-likeness (QED) is 0.287. The predicted octanol–water partition coefficient (Wildman–Crippen LogP) is 8.07. The largest absolute Gasteiger partial charge is 0.207 e. The van der Waals surface area contributed by atoms with E-state index < -0.39 is 40.3 Å². The van der Waals surface area contributed by atoms with Crippen molar-refractivity contribution in [1.29, 1.82) is 0 Å². The Labute approximate surface area is 176 Å². The van der Waals surface area contributed by atoms with Gasteiger partial charge in [0.05, 0.1) is 5.39 Å². The predicted molar refractivity (Wildman–Crippen MR) is 108 cm³/mol. The topological polar surface area (TPSA) is 0 Å². The summed E-state index contributed by atoms with van der Waals surface area (Å²) in [7, 11) is 0. The van der Waals surface area contributed by atoms with Crippen LogP contribution in [0.15, 0.2) is 30.3 Å². The lowest BCUT2D eigenvalue weighted by atomic mass is 9.75. The van der Waals surface area contributed by atoms with E-state index in [9.17, 15) is 26.3 Å². The molecule has 0 heterocycles. The van der Waals surface area contributed by atoms with Crippen LogP contribution >= 0.6 is 0 Å². The maximum absolute atomic E-state index is 14.6. The van der Waals surface area contributed by atoms with Gasteiger partial charge in [-0.25, -0.2) is 26.3 Å². The minimum Gasteiger partial charge on any atom is -0.207 e. The van der Waals surface area contributed by atoms with E-state index in [1.807, 2.05) is 6.92 Å². The molecule has 3 aromatic carbocycles. The number of benzene rings is 3. The molecule has 0 amide bonds. The summed E-state index contributed by atoms with van der Waals surface area (Å²) in [5, 5.41) is -0.621. The Morgan fingerprint density at radius 1 is 0.677 bits per heavy atom. The number of hydrogen-bond donors (Lipinski definition) is 0. The third-order valence-corrected chi connectivity index (χ3v) is 6.33. The zero-order valence-corrected chi connectivity index (χ0v) is 17.1. The minimum atomic E-state index is -1.70. The minimum absolute atomic E-state index is 0.0443. The molecule has 164 valence electrons. The first kappa shape index (κ1) is 21.7. The molecular formula is C25H22F6. The summed E-state index contributed by atoms with van der Waals surface area (Å²) < 4.78 is 84.7. The Hall–Kier alpha value is -2.50. The Kier molecular flexibility index (Phi) is 6.00. The highest BCUT2D eigenvalue weighted by Gasteiger charge is 2.29. The van der Waals surface area contributed by atoms with Gasteiger partial charge in [-0.1, -0.05) is 19.4 Å². The molecule has 31 heavy (non-hydrogen) atoms. The second-order valence-electron chi connectivity index (χ2n) is 8.36. The van der Waals surface area contributed by atoms with Gasteiger partial charge in [-0.3, -0.25) is 0 Å². The maximum atomic E-state index is 14.6. The lowest BCUT2D eigenvalue weighted by Crippen LogP contribution is -2.15. The van der Waals surface area contributed by atoms with Crippen molar-refractivity contribution < 1.29 is 26.3 Å². The summed E-state index contributed by atoms with van der Waals surface area (Å²) in [6.45, 7) is 1.94. The molecule has 0 aromatic heterocycles. The second-order valence-corrected chi connectivity index (χ2v) is 8.36. The third-order valence-electron chi connectivity index (χ3n) is 6.33. The van der Waals surface area contributed by atoms with Crippen LogP contribution in [-0.2, 0) is 6.42 Å². The number of aryl methyl sites for hydroxylation is 1. The van der Waals surface area contributed by atoms with Gasteiger partial charge in [0, 0.05) is 5.56 Å². The van der Waals surface area contributed by atoms with Crippen LogP contribution < -0.4 is 0 Å². The van der Waals surface area contributed by atoms with Gasteiger partial charge in [0.2, 0.25) is 0 Å². The highest BCUT2D eigenvalue weighted by atomic mass is 19.2. The van der Waals surface area contributed by atoms with Gasteiger partial charge >= 0.3 is 0 Å². The molecule has 1 aliphatic rings. The van der Waals surface area contributed by atoms with Gasteiger partial charge in [0.1, 0.15) is 17.5 Å². The molecule has 0 unspecified atom stereocenters. The van der Waals surface area contributed by atoms with Crippen LogP contribution in [0.1, 0.15) is 67.6 Å². The summed E-state index contributed by atoms with van der Waals surface area (Å²) in [6, 6.07) is 6.20. The Bertz CT molecular complexity index is 1110. The maximum Gasteiger partial charge on any atom is 0.195 e. The Balaban J connectivity index is 1.57. The smallest absolute Gasteiger partial charge is 0.195 e. The zero-order valence-electron chi connectivity index (χ0n) is 17.1. The molecule has 1 fully saturated rings. The first-order valence-electron chi connectivity index (χ1n) is 10.5. The van der Waals surface area contributed by atoms with E-state index >= 15 is 0 Å².